The molecule has 3 heterocycles. The van der Waals surface area contributed by atoms with Gasteiger partial charge in [-0.3, -0.25) is 9.36 Å². The molecule has 1 amide bonds. The highest BCUT2D eigenvalue weighted by Crippen LogP contribution is 2.32. The summed E-state index contributed by atoms with van der Waals surface area (Å²) in [6.07, 6.45) is 2.55. The number of carbonyl (C=O) groups excluding carboxylic acids is 1. The third kappa shape index (κ3) is 3.84. The van der Waals surface area contributed by atoms with Gasteiger partial charge in [0.2, 0.25) is 5.91 Å². The lowest BCUT2D eigenvalue weighted by atomic mass is 10.00. The van der Waals surface area contributed by atoms with Crippen molar-refractivity contribution in [3.63, 3.8) is 0 Å². The predicted molar refractivity (Wildman–Crippen MR) is 125 cm³/mol. The Bertz CT molecular complexity index is 1250. The van der Waals surface area contributed by atoms with E-state index in [-0.39, 0.29) is 11.2 Å². The monoisotopic (exact) mass is 444 g/mol. The van der Waals surface area contributed by atoms with Gasteiger partial charge in [-0.05, 0) is 49.6 Å². The number of para-hydroxylation sites is 1. The van der Waals surface area contributed by atoms with Crippen LogP contribution in [0.15, 0.2) is 76.5 Å². The number of rotatable bonds is 5. The van der Waals surface area contributed by atoms with Gasteiger partial charge in [-0.15, -0.1) is 10.2 Å². The van der Waals surface area contributed by atoms with Crippen LogP contribution in [0.5, 0.6) is 0 Å². The van der Waals surface area contributed by atoms with Gasteiger partial charge in [-0.1, -0.05) is 54.2 Å². The van der Waals surface area contributed by atoms with Gasteiger partial charge in [0.15, 0.2) is 11.0 Å². The largest absolute Gasteiger partial charge is 0.469 e. The minimum atomic E-state index is -0.287. The number of thioether (sulfide) groups is 1. The Balaban J connectivity index is 1.42. The molecule has 2 aromatic heterocycles. The molecule has 0 saturated heterocycles. The Morgan fingerprint density at radius 2 is 1.78 bits per heavy atom. The summed E-state index contributed by atoms with van der Waals surface area (Å²) in [5.74, 6) is 1.60. The van der Waals surface area contributed by atoms with Crippen LogP contribution in [0.1, 0.15) is 23.8 Å². The number of aromatic nitrogens is 3. The van der Waals surface area contributed by atoms with Crippen molar-refractivity contribution in [2.24, 2.45) is 0 Å². The lowest BCUT2D eigenvalue weighted by Gasteiger charge is -2.30. The highest BCUT2D eigenvalue weighted by molar-refractivity contribution is 8.00. The second kappa shape index (κ2) is 8.67. The fraction of sp³-hybridized carbons (Fsp3) is 0.240. The summed E-state index contributed by atoms with van der Waals surface area (Å²) in [6, 6.07) is 20.2. The van der Waals surface area contributed by atoms with E-state index in [1.165, 1.54) is 22.9 Å². The van der Waals surface area contributed by atoms with Gasteiger partial charge in [0.25, 0.3) is 0 Å². The van der Waals surface area contributed by atoms with Crippen LogP contribution in [-0.4, -0.2) is 37.4 Å². The lowest BCUT2D eigenvalue weighted by Crippen LogP contribution is -2.40. The second-order valence-corrected chi connectivity index (χ2v) is 9.21. The molecule has 162 valence electrons. The van der Waals surface area contributed by atoms with Gasteiger partial charge in [0.05, 0.1) is 17.1 Å². The Hall–Kier alpha value is -3.32. The summed E-state index contributed by atoms with van der Waals surface area (Å²) in [5.41, 5.74) is 4.40. The van der Waals surface area contributed by atoms with Crippen LogP contribution < -0.4 is 0 Å². The Kier molecular flexibility index (Phi) is 5.57. The third-order valence-corrected chi connectivity index (χ3v) is 6.85. The van der Waals surface area contributed by atoms with Crippen molar-refractivity contribution in [2.45, 2.75) is 37.2 Å². The molecule has 0 radical (unpaired) electrons. The van der Waals surface area contributed by atoms with Crippen molar-refractivity contribution in [1.29, 1.82) is 0 Å². The van der Waals surface area contributed by atoms with Crippen molar-refractivity contribution < 1.29 is 9.21 Å². The SMILES string of the molecule is Cc1occc1-c1nnc(SC(C)C(=O)N2CCc3ccccc3C2)n1-c1ccccc1. The molecule has 2 aromatic carbocycles. The van der Waals surface area contributed by atoms with Crippen molar-refractivity contribution >= 4 is 17.7 Å². The number of amides is 1. The van der Waals surface area contributed by atoms with Gasteiger partial charge in [0, 0.05) is 18.8 Å². The normalized spacial score (nSPS) is 14.2. The van der Waals surface area contributed by atoms with Crippen molar-refractivity contribution in [3.05, 3.63) is 83.8 Å². The fourth-order valence-electron chi connectivity index (χ4n) is 4.10. The minimum Gasteiger partial charge on any atom is -0.469 e. The number of nitrogens with zero attached hydrogens (tertiary/aromatic N) is 4. The van der Waals surface area contributed by atoms with Crippen LogP contribution >= 0.6 is 11.8 Å². The van der Waals surface area contributed by atoms with E-state index >= 15 is 0 Å². The summed E-state index contributed by atoms with van der Waals surface area (Å²) in [6.45, 7) is 5.25. The molecule has 0 bridgehead atoms. The first-order valence-corrected chi connectivity index (χ1v) is 11.6. The molecule has 4 aromatic rings. The van der Waals surface area contributed by atoms with Crippen LogP contribution in [0.2, 0.25) is 0 Å². The molecule has 1 aliphatic heterocycles. The molecular formula is C25H24N4O2S. The lowest BCUT2D eigenvalue weighted by molar-refractivity contribution is -0.131. The van der Waals surface area contributed by atoms with E-state index in [2.05, 4.69) is 28.4 Å². The smallest absolute Gasteiger partial charge is 0.236 e. The van der Waals surface area contributed by atoms with Crippen molar-refractivity contribution in [2.75, 3.05) is 6.54 Å². The fourth-order valence-corrected chi connectivity index (χ4v) is 5.05. The first-order chi connectivity index (χ1) is 15.6. The number of fused-ring (bicyclic) bond motifs is 1. The zero-order valence-corrected chi connectivity index (χ0v) is 18.9. The Labute approximate surface area is 191 Å². The van der Waals surface area contributed by atoms with Gasteiger partial charge >= 0.3 is 0 Å². The van der Waals surface area contributed by atoms with E-state index in [1.807, 2.05) is 65.8 Å². The van der Waals surface area contributed by atoms with E-state index in [0.717, 1.165) is 30.0 Å². The van der Waals surface area contributed by atoms with E-state index in [4.69, 9.17) is 4.42 Å². The first-order valence-electron chi connectivity index (χ1n) is 10.7. The molecular weight excluding hydrogens is 420 g/mol. The maximum absolute atomic E-state index is 13.3. The van der Waals surface area contributed by atoms with Crippen LogP contribution in [0.25, 0.3) is 17.1 Å². The molecule has 5 rings (SSSR count). The van der Waals surface area contributed by atoms with E-state index in [1.54, 1.807) is 6.26 Å². The second-order valence-electron chi connectivity index (χ2n) is 7.91. The van der Waals surface area contributed by atoms with Crippen LogP contribution in [0.3, 0.4) is 0 Å². The average Bonchev–Trinajstić information content (AvgIpc) is 3.44. The van der Waals surface area contributed by atoms with Gasteiger partial charge < -0.3 is 9.32 Å². The minimum absolute atomic E-state index is 0.119. The molecule has 6 nitrogen and oxygen atoms in total. The molecule has 1 aliphatic rings. The summed E-state index contributed by atoms with van der Waals surface area (Å²) >= 11 is 1.44. The third-order valence-electron chi connectivity index (χ3n) is 5.82. The van der Waals surface area contributed by atoms with Crippen LogP contribution in [0.4, 0.5) is 0 Å². The standard InChI is InChI=1S/C25H24N4O2S/c1-17-22(13-15-31-17)23-26-27-25(29(23)21-10-4-3-5-11-21)32-18(2)24(30)28-14-12-19-8-6-7-9-20(19)16-28/h3-11,13,15,18H,12,14,16H2,1-2H3. The number of carbonyl (C=O) groups is 1. The Morgan fingerprint density at radius 1 is 1.03 bits per heavy atom. The van der Waals surface area contributed by atoms with Crippen molar-refractivity contribution in [1.82, 2.24) is 19.7 Å². The highest BCUT2D eigenvalue weighted by Gasteiger charge is 2.28. The summed E-state index contributed by atoms with van der Waals surface area (Å²) in [4.78, 5) is 15.2. The van der Waals surface area contributed by atoms with Crippen molar-refractivity contribution in [3.8, 4) is 17.1 Å². The molecule has 0 fully saturated rings. The number of hydrogen-bond donors (Lipinski definition) is 0. The van der Waals surface area contributed by atoms with E-state index in [0.29, 0.717) is 17.5 Å². The quantitative estimate of drug-likeness (QED) is 0.410. The summed E-state index contributed by atoms with van der Waals surface area (Å²) in [5, 5.41) is 9.31. The summed E-state index contributed by atoms with van der Waals surface area (Å²) in [7, 11) is 0. The number of hydrogen-bond acceptors (Lipinski definition) is 5. The zero-order chi connectivity index (χ0) is 22.1. The maximum atomic E-state index is 13.3. The Morgan fingerprint density at radius 3 is 2.53 bits per heavy atom. The van der Waals surface area contributed by atoms with Crippen LogP contribution in [0, 0.1) is 6.92 Å². The molecule has 32 heavy (non-hydrogen) atoms. The molecule has 0 N–H and O–H groups in total. The number of benzene rings is 2. The molecule has 0 spiro atoms. The van der Waals surface area contributed by atoms with Gasteiger partial charge in [-0.2, -0.15) is 0 Å². The maximum Gasteiger partial charge on any atom is 0.236 e. The van der Waals surface area contributed by atoms with Gasteiger partial charge in [0.1, 0.15) is 5.76 Å². The van der Waals surface area contributed by atoms with E-state index in [9.17, 15) is 4.79 Å². The topological polar surface area (TPSA) is 64.2 Å². The average molecular weight is 445 g/mol. The highest BCUT2D eigenvalue weighted by atomic mass is 32.2. The first kappa shape index (κ1) is 20.6. The summed E-state index contributed by atoms with van der Waals surface area (Å²) < 4.78 is 7.50. The molecule has 1 unspecified atom stereocenters. The molecule has 0 saturated carbocycles. The number of aryl methyl sites for hydroxylation is 1. The molecule has 0 aliphatic carbocycles. The van der Waals surface area contributed by atoms with Crippen LogP contribution in [-0.2, 0) is 17.8 Å². The van der Waals surface area contributed by atoms with Gasteiger partial charge in [-0.25, -0.2) is 0 Å². The molecule has 7 heteroatoms. The number of furan rings is 1. The predicted octanol–water partition coefficient (Wildman–Crippen LogP) is 4.90. The zero-order valence-electron chi connectivity index (χ0n) is 18.1. The molecule has 1 atom stereocenters. The van der Waals surface area contributed by atoms with E-state index < -0.39 is 0 Å².